The summed E-state index contributed by atoms with van der Waals surface area (Å²) in [5.41, 5.74) is 4.25. The highest BCUT2D eigenvalue weighted by molar-refractivity contribution is 5.82. The average molecular weight is 589 g/mol. The van der Waals surface area contributed by atoms with Crippen molar-refractivity contribution in [1.82, 2.24) is 10.2 Å². The predicted molar refractivity (Wildman–Crippen MR) is 166 cm³/mol. The second-order valence-electron chi connectivity index (χ2n) is 11.3. The zero-order valence-corrected chi connectivity index (χ0v) is 25.3. The molecule has 1 aliphatic heterocycles. The maximum atomic E-state index is 14.0. The second kappa shape index (κ2) is 15.9. The molecule has 0 aromatic heterocycles. The predicted octanol–water partition coefficient (Wildman–Crippen LogP) is 5.09. The van der Waals surface area contributed by atoms with E-state index >= 15 is 0 Å². The molecule has 8 heteroatoms. The lowest BCUT2D eigenvalue weighted by Crippen LogP contribution is -2.45. The van der Waals surface area contributed by atoms with Crippen molar-refractivity contribution >= 4 is 5.91 Å². The molecule has 230 valence electrons. The number of hydrogen-bond acceptors (Lipinski definition) is 7. The van der Waals surface area contributed by atoms with Crippen LogP contribution in [0.2, 0.25) is 0 Å². The molecule has 1 aliphatic carbocycles. The summed E-state index contributed by atoms with van der Waals surface area (Å²) in [6.45, 7) is 4.47. The molecule has 2 aliphatic rings. The number of carbonyl (C=O) groups excluding carboxylic acids is 1. The molecule has 3 aromatic rings. The molecule has 8 nitrogen and oxygen atoms in total. The number of nitrogens with zero attached hydrogens (tertiary/aromatic N) is 1. The van der Waals surface area contributed by atoms with Gasteiger partial charge in [-0.15, -0.1) is 0 Å². The quantitative estimate of drug-likeness (QED) is 0.248. The molecule has 5 rings (SSSR count). The first kappa shape index (κ1) is 31.0. The summed E-state index contributed by atoms with van der Waals surface area (Å²) in [6, 6.07) is 24.6. The molecule has 0 radical (unpaired) electrons. The van der Waals surface area contributed by atoms with Crippen LogP contribution in [0.4, 0.5) is 0 Å². The van der Waals surface area contributed by atoms with E-state index < -0.39 is 6.10 Å². The van der Waals surface area contributed by atoms with Gasteiger partial charge in [-0.1, -0.05) is 60.7 Å². The minimum atomic E-state index is -0.539. The van der Waals surface area contributed by atoms with Gasteiger partial charge in [0.15, 0.2) is 11.5 Å². The standard InChI is InChI=1S/C35H44N2O6/c1-39-16-9-17-42-33-18-29(31(19-32(33)40-2)28-12-7-4-8-13-28)22-37(30-14-15-30)35(38)34-21-36-20-27(25-43-34)24-41-23-26-10-5-3-6-11-26/h3-8,10-13,18-19,27,30,34,36H,9,14-17,20-25H2,1-2H3. The fraction of sp³-hybridized carbons (Fsp3) is 0.457. The van der Waals surface area contributed by atoms with E-state index in [1.54, 1.807) is 14.2 Å². The maximum Gasteiger partial charge on any atom is 0.253 e. The van der Waals surface area contributed by atoms with Gasteiger partial charge in [-0.25, -0.2) is 0 Å². The van der Waals surface area contributed by atoms with Crippen LogP contribution in [-0.2, 0) is 32.2 Å². The molecule has 2 fully saturated rings. The van der Waals surface area contributed by atoms with E-state index in [0.717, 1.165) is 48.1 Å². The monoisotopic (exact) mass is 588 g/mol. The summed E-state index contributed by atoms with van der Waals surface area (Å²) in [5.74, 6) is 1.54. The van der Waals surface area contributed by atoms with Gasteiger partial charge < -0.3 is 33.9 Å². The Morgan fingerprint density at radius 2 is 1.72 bits per heavy atom. The second-order valence-corrected chi connectivity index (χ2v) is 11.3. The number of benzene rings is 3. The lowest BCUT2D eigenvalue weighted by molar-refractivity contribution is -0.145. The Morgan fingerprint density at radius 1 is 0.953 bits per heavy atom. The smallest absolute Gasteiger partial charge is 0.253 e. The minimum absolute atomic E-state index is 0.0262. The van der Waals surface area contributed by atoms with Gasteiger partial charge in [0.2, 0.25) is 0 Å². The van der Waals surface area contributed by atoms with Gasteiger partial charge in [-0.05, 0) is 47.2 Å². The van der Waals surface area contributed by atoms with Crippen molar-refractivity contribution in [2.45, 2.75) is 44.6 Å². The van der Waals surface area contributed by atoms with Gasteiger partial charge in [0, 0.05) is 51.7 Å². The molecule has 2 atom stereocenters. The lowest BCUT2D eigenvalue weighted by Gasteiger charge is -2.28. The highest BCUT2D eigenvalue weighted by Gasteiger charge is 2.37. The summed E-state index contributed by atoms with van der Waals surface area (Å²) in [7, 11) is 3.34. The molecular formula is C35H44N2O6. The average Bonchev–Trinajstić information content (AvgIpc) is 3.91. The van der Waals surface area contributed by atoms with Crippen molar-refractivity contribution in [3.63, 3.8) is 0 Å². The van der Waals surface area contributed by atoms with Gasteiger partial charge in [0.1, 0.15) is 6.10 Å². The van der Waals surface area contributed by atoms with Crippen molar-refractivity contribution in [3.8, 4) is 22.6 Å². The van der Waals surface area contributed by atoms with Gasteiger partial charge in [0.25, 0.3) is 5.91 Å². The molecule has 0 spiro atoms. The highest BCUT2D eigenvalue weighted by atomic mass is 16.5. The van der Waals surface area contributed by atoms with Crippen LogP contribution in [0, 0.1) is 5.92 Å². The van der Waals surface area contributed by atoms with Gasteiger partial charge in [-0.2, -0.15) is 0 Å². The number of carbonyl (C=O) groups is 1. The summed E-state index contributed by atoms with van der Waals surface area (Å²) < 4.78 is 29.2. The molecule has 1 saturated heterocycles. The topological polar surface area (TPSA) is 78.5 Å². The summed E-state index contributed by atoms with van der Waals surface area (Å²) >= 11 is 0. The number of ether oxygens (including phenoxy) is 5. The van der Waals surface area contributed by atoms with Crippen LogP contribution in [0.25, 0.3) is 11.1 Å². The van der Waals surface area contributed by atoms with E-state index in [9.17, 15) is 4.79 Å². The Morgan fingerprint density at radius 3 is 2.44 bits per heavy atom. The van der Waals surface area contributed by atoms with Crippen molar-refractivity contribution < 1.29 is 28.5 Å². The molecule has 2 unspecified atom stereocenters. The first-order chi connectivity index (χ1) is 21.2. The molecular weight excluding hydrogens is 544 g/mol. The maximum absolute atomic E-state index is 14.0. The van der Waals surface area contributed by atoms with Crippen LogP contribution in [0.15, 0.2) is 72.8 Å². The van der Waals surface area contributed by atoms with E-state index in [1.165, 1.54) is 0 Å². The number of rotatable bonds is 15. The minimum Gasteiger partial charge on any atom is -0.493 e. The number of amides is 1. The summed E-state index contributed by atoms with van der Waals surface area (Å²) in [4.78, 5) is 16.0. The molecule has 43 heavy (non-hydrogen) atoms. The van der Waals surface area contributed by atoms with Gasteiger partial charge >= 0.3 is 0 Å². The van der Waals surface area contributed by atoms with E-state index in [2.05, 4.69) is 29.6 Å². The molecule has 1 heterocycles. The van der Waals surface area contributed by atoms with E-state index in [-0.39, 0.29) is 17.9 Å². The van der Waals surface area contributed by atoms with E-state index in [1.807, 2.05) is 53.4 Å². The fourth-order valence-electron chi connectivity index (χ4n) is 5.39. The van der Waals surface area contributed by atoms with Crippen molar-refractivity contribution in [1.29, 1.82) is 0 Å². The molecule has 3 aromatic carbocycles. The zero-order valence-electron chi connectivity index (χ0n) is 25.3. The van der Waals surface area contributed by atoms with Crippen molar-refractivity contribution in [2.24, 2.45) is 5.92 Å². The normalized spacial score (nSPS) is 18.6. The summed E-state index contributed by atoms with van der Waals surface area (Å²) in [5, 5.41) is 3.45. The Hall–Kier alpha value is -3.43. The Labute approximate surface area is 255 Å². The first-order valence-electron chi connectivity index (χ1n) is 15.3. The highest BCUT2D eigenvalue weighted by Crippen LogP contribution is 2.38. The molecule has 1 amide bonds. The third-order valence-electron chi connectivity index (χ3n) is 7.87. The Bertz CT molecular complexity index is 1280. The van der Waals surface area contributed by atoms with Crippen LogP contribution in [0.3, 0.4) is 0 Å². The van der Waals surface area contributed by atoms with Gasteiger partial charge in [-0.3, -0.25) is 4.79 Å². The SMILES string of the molecule is COCCCOc1cc(CN(C(=O)C2CNCC(COCc3ccccc3)CO2)C2CC2)c(-c2ccccc2)cc1OC. The van der Waals surface area contributed by atoms with Crippen LogP contribution in [0.5, 0.6) is 11.5 Å². The number of nitrogens with one attached hydrogen (secondary N) is 1. The van der Waals surface area contributed by atoms with Crippen molar-refractivity contribution in [2.75, 3.05) is 53.7 Å². The molecule has 0 bridgehead atoms. The van der Waals surface area contributed by atoms with Crippen molar-refractivity contribution in [3.05, 3.63) is 83.9 Å². The van der Waals surface area contributed by atoms with E-state index in [4.69, 9.17) is 23.7 Å². The largest absolute Gasteiger partial charge is 0.493 e. The van der Waals surface area contributed by atoms with Crippen LogP contribution in [0.1, 0.15) is 30.4 Å². The number of hydrogen-bond donors (Lipinski definition) is 1. The van der Waals surface area contributed by atoms with Crippen LogP contribution in [-0.4, -0.2) is 76.7 Å². The Balaban J connectivity index is 1.29. The fourth-order valence-corrected chi connectivity index (χ4v) is 5.39. The molecule has 1 saturated carbocycles. The third kappa shape index (κ3) is 8.80. The third-order valence-corrected chi connectivity index (χ3v) is 7.87. The van der Waals surface area contributed by atoms with Crippen LogP contribution >= 0.6 is 0 Å². The van der Waals surface area contributed by atoms with Crippen LogP contribution < -0.4 is 14.8 Å². The Kier molecular flexibility index (Phi) is 11.4. The zero-order chi connectivity index (χ0) is 29.9. The first-order valence-corrected chi connectivity index (χ1v) is 15.3. The number of methoxy groups -OCH3 is 2. The summed E-state index contributed by atoms with van der Waals surface area (Å²) in [6.07, 6.45) is 2.23. The van der Waals surface area contributed by atoms with Gasteiger partial charge in [0.05, 0.1) is 33.5 Å². The lowest BCUT2D eigenvalue weighted by atomic mass is 9.98. The molecule has 1 N–H and O–H groups in total. The van der Waals surface area contributed by atoms with E-state index in [0.29, 0.717) is 57.6 Å².